The van der Waals surface area contributed by atoms with Crippen LogP contribution in [0.25, 0.3) is 0 Å². The van der Waals surface area contributed by atoms with Crippen molar-refractivity contribution in [1.82, 2.24) is 10.3 Å². The number of methoxy groups -OCH3 is 1. The number of nitrogens with one attached hydrogen (secondary N) is 1. The molecule has 2 atom stereocenters. The first-order valence-electron chi connectivity index (χ1n) is 8.96. The number of carboxylic acids is 1. The molecule has 1 amide bonds. The maximum Gasteiger partial charge on any atom is 0.347 e. The van der Waals surface area contributed by atoms with E-state index >= 15 is 0 Å². The summed E-state index contributed by atoms with van der Waals surface area (Å²) < 4.78 is 5.59. The molecule has 2 aliphatic heterocycles. The van der Waals surface area contributed by atoms with Crippen LogP contribution in [0.4, 0.5) is 5.13 Å². The smallest absolute Gasteiger partial charge is 0.347 e. The molecule has 0 spiro atoms. The quantitative estimate of drug-likeness (QED) is 0.768. The Labute approximate surface area is 162 Å². The molecule has 3 heterocycles. The molecule has 0 aromatic carbocycles. The van der Waals surface area contributed by atoms with E-state index in [0.29, 0.717) is 36.8 Å². The van der Waals surface area contributed by atoms with Crippen molar-refractivity contribution in [2.24, 2.45) is 4.99 Å². The Bertz CT molecular complexity index is 801. The molecule has 0 aliphatic carbocycles. The highest BCUT2D eigenvalue weighted by molar-refractivity contribution is 7.17. The predicted octanol–water partition coefficient (Wildman–Crippen LogP) is 2.08. The van der Waals surface area contributed by atoms with Gasteiger partial charge in [0.1, 0.15) is 10.6 Å². The van der Waals surface area contributed by atoms with Crippen molar-refractivity contribution in [3.05, 3.63) is 22.3 Å². The van der Waals surface area contributed by atoms with Gasteiger partial charge in [-0.05, 0) is 25.3 Å². The second kappa shape index (κ2) is 8.18. The first kappa shape index (κ1) is 19.5. The van der Waals surface area contributed by atoms with Crippen LogP contribution in [0.2, 0.25) is 0 Å². The van der Waals surface area contributed by atoms with E-state index in [4.69, 9.17) is 9.84 Å². The van der Waals surface area contributed by atoms with Crippen molar-refractivity contribution in [3.63, 3.8) is 0 Å². The summed E-state index contributed by atoms with van der Waals surface area (Å²) in [5, 5.41) is 12.8. The van der Waals surface area contributed by atoms with E-state index < -0.39 is 5.97 Å². The Hall–Kier alpha value is -2.26. The summed E-state index contributed by atoms with van der Waals surface area (Å²) in [5.74, 6) is -1.11. The maximum atomic E-state index is 12.6. The number of aromatic carboxylic acids is 1. The van der Waals surface area contributed by atoms with Gasteiger partial charge in [-0.15, -0.1) is 0 Å². The van der Waals surface area contributed by atoms with Gasteiger partial charge in [-0.25, -0.2) is 9.78 Å². The van der Waals surface area contributed by atoms with E-state index in [1.54, 1.807) is 7.11 Å². The minimum absolute atomic E-state index is 0.119. The lowest BCUT2D eigenvalue weighted by molar-refractivity contribution is -0.116. The molecule has 1 fully saturated rings. The van der Waals surface area contributed by atoms with E-state index in [0.717, 1.165) is 23.5 Å². The van der Waals surface area contributed by atoms with E-state index in [-0.39, 0.29) is 22.9 Å². The first-order chi connectivity index (χ1) is 12.9. The van der Waals surface area contributed by atoms with Gasteiger partial charge in [0.25, 0.3) is 5.91 Å². The van der Waals surface area contributed by atoms with E-state index in [1.807, 2.05) is 11.8 Å². The number of aromatic nitrogens is 1. The predicted molar refractivity (Wildman–Crippen MR) is 104 cm³/mol. The highest BCUT2D eigenvalue weighted by Crippen LogP contribution is 2.27. The summed E-state index contributed by atoms with van der Waals surface area (Å²) in [7, 11) is 1.62. The van der Waals surface area contributed by atoms with Gasteiger partial charge < -0.3 is 20.1 Å². The number of hydrogen-bond donors (Lipinski definition) is 2. The Balaban J connectivity index is 1.61. The standard InChI is InChI=1S/C18H24N4O4S/c1-4-11-7-13(20-10(11)2)16(23)21-12-5-6-22(9-14(12)26-3)18-19-8-15(27-18)17(24)25/h8,12,14H,4-7,9H2,1-3H3,(H,21,23)(H,24,25)/t12-,14+/m1/s1. The lowest BCUT2D eigenvalue weighted by atomic mass is 10.0. The van der Waals surface area contributed by atoms with Gasteiger partial charge in [-0.2, -0.15) is 0 Å². The third-order valence-electron chi connectivity index (χ3n) is 5.04. The summed E-state index contributed by atoms with van der Waals surface area (Å²) in [6.45, 7) is 5.22. The fourth-order valence-corrected chi connectivity index (χ4v) is 4.21. The molecule has 1 aromatic rings. The molecule has 27 heavy (non-hydrogen) atoms. The van der Waals surface area contributed by atoms with Gasteiger partial charge in [0.2, 0.25) is 0 Å². The second-order valence-electron chi connectivity index (χ2n) is 6.68. The minimum atomic E-state index is -0.975. The summed E-state index contributed by atoms with van der Waals surface area (Å²) >= 11 is 1.15. The van der Waals surface area contributed by atoms with Crippen molar-refractivity contribution >= 4 is 34.1 Å². The number of carboxylic acid groups (broad SMARTS) is 1. The van der Waals surface area contributed by atoms with Gasteiger partial charge in [-0.3, -0.25) is 9.79 Å². The molecule has 2 N–H and O–H groups in total. The number of hydrogen-bond acceptors (Lipinski definition) is 7. The average molecular weight is 392 g/mol. The summed E-state index contributed by atoms with van der Waals surface area (Å²) in [6.07, 6.45) is 3.37. The highest BCUT2D eigenvalue weighted by atomic mass is 32.1. The number of carbonyl (C=O) groups excluding carboxylic acids is 1. The normalized spacial score (nSPS) is 22.8. The minimum Gasteiger partial charge on any atom is -0.477 e. The summed E-state index contributed by atoms with van der Waals surface area (Å²) in [4.78, 5) is 34.5. The van der Waals surface area contributed by atoms with Crippen LogP contribution in [0.15, 0.2) is 22.5 Å². The van der Waals surface area contributed by atoms with Gasteiger partial charge in [0, 0.05) is 32.3 Å². The Morgan fingerprint density at radius 3 is 2.85 bits per heavy atom. The molecule has 0 unspecified atom stereocenters. The third-order valence-corrected chi connectivity index (χ3v) is 6.08. The van der Waals surface area contributed by atoms with Crippen LogP contribution in [0.3, 0.4) is 0 Å². The van der Waals surface area contributed by atoms with Gasteiger partial charge in [0.05, 0.1) is 18.3 Å². The number of thiazole rings is 1. The number of carbonyl (C=O) groups is 2. The third kappa shape index (κ3) is 4.19. The van der Waals surface area contributed by atoms with Gasteiger partial charge in [0.15, 0.2) is 5.13 Å². The van der Waals surface area contributed by atoms with Crippen molar-refractivity contribution in [2.75, 3.05) is 25.1 Å². The molecular weight excluding hydrogens is 368 g/mol. The van der Waals surface area contributed by atoms with E-state index in [1.165, 1.54) is 11.8 Å². The number of anilines is 1. The van der Waals surface area contributed by atoms with Crippen LogP contribution >= 0.6 is 11.3 Å². The molecule has 0 saturated carbocycles. The number of nitrogens with zero attached hydrogens (tertiary/aromatic N) is 3. The monoisotopic (exact) mass is 392 g/mol. The van der Waals surface area contributed by atoms with Gasteiger partial charge in [-0.1, -0.05) is 18.3 Å². The first-order valence-corrected chi connectivity index (χ1v) is 9.78. The SMILES string of the molecule is CCC1=C(C)N=C(C(=O)N[C@@H]2CCN(c3ncc(C(=O)O)s3)C[C@@H]2OC)C1. The molecule has 0 bridgehead atoms. The number of ether oxygens (including phenoxy) is 1. The van der Waals surface area contributed by atoms with E-state index in [9.17, 15) is 9.59 Å². The Kier molecular flexibility index (Phi) is 5.91. The molecule has 3 rings (SSSR count). The lowest BCUT2D eigenvalue weighted by Gasteiger charge is -2.37. The molecule has 1 saturated heterocycles. The van der Waals surface area contributed by atoms with Crippen LogP contribution < -0.4 is 10.2 Å². The van der Waals surface area contributed by atoms with Crippen molar-refractivity contribution in [1.29, 1.82) is 0 Å². The van der Waals surface area contributed by atoms with E-state index in [2.05, 4.69) is 22.2 Å². The molecular formula is C18H24N4O4S. The number of amides is 1. The van der Waals surface area contributed by atoms with Crippen LogP contribution in [0.5, 0.6) is 0 Å². The second-order valence-corrected chi connectivity index (χ2v) is 7.69. The van der Waals surface area contributed by atoms with Crippen LogP contribution in [0.1, 0.15) is 42.8 Å². The Morgan fingerprint density at radius 1 is 1.48 bits per heavy atom. The lowest BCUT2D eigenvalue weighted by Crippen LogP contribution is -2.55. The number of allylic oxidation sites excluding steroid dienone is 2. The van der Waals surface area contributed by atoms with Crippen molar-refractivity contribution < 1.29 is 19.4 Å². The number of aliphatic imine (C=N–C) groups is 1. The zero-order valence-electron chi connectivity index (χ0n) is 15.7. The fraction of sp³-hybridized carbons (Fsp3) is 0.556. The largest absolute Gasteiger partial charge is 0.477 e. The average Bonchev–Trinajstić information content (AvgIpc) is 3.29. The number of piperidine rings is 1. The van der Waals surface area contributed by atoms with Crippen LogP contribution in [-0.2, 0) is 9.53 Å². The van der Waals surface area contributed by atoms with Crippen LogP contribution in [0, 0.1) is 0 Å². The molecule has 146 valence electrons. The zero-order valence-corrected chi connectivity index (χ0v) is 16.5. The van der Waals surface area contributed by atoms with Crippen molar-refractivity contribution in [3.8, 4) is 0 Å². The molecule has 9 heteroatoms. The Morgan fingerprint density at radius 2 is 2.26 bits per heavy atom. The zero-order chi connectivity index (χ0) is 19.6. The maximum absolute atomic E-state index is 12.6. The van der Waals surface area contributed by atoms with Crippen LogP contribution in [-0.4, -0.2) is 60.0 Å². The fourth-order valence-electron chi connectivity index (χ4n) is 3.42. The number of rotatable bonds is 6. The topological polar surface area (TPSA) is 104 Å². The molecule has 0 radical (unpaired) electrons. The van der Waals surface area contributed by atoms with Crippen molar-refractivity contribution in [2.45, 2.75) is 45.3 Å². The molecule has 2 aliphatic rings. The molecule has 8 nitrogen and oxygen atoms in total. The molecule has 1 aromatic heterocycles. The summed E-state index contributed by atoms with van der Waals surface area (Å²) in [6, 6.07) is -0.119. The highest BCUT2D eigenvalue weighted by Gasteiger charge is 2.33. The van der Waals surface area contributed by atoms with Gasteiger partial charge >= 0.3 is 5.97 Å². The summed E-state index contributed by atoms with van der Waals surface area (Å²) in [5.41, 5.74) is 2.71.